The first-order valence-electron chi connectivity index (χ1n) is 5.70. The highest BCUT2D eigenvalue weighted by molar-refractivity contribution is 7.90. The van der Waals surface area contributed by atoms with Crippen molar-refractivity contribution < 1.29 is 26.4 Å². The van der Waals surface area contributed by atoms with Crippen LogP contribution in [0.25, 0.3) is 0 Å². The molecule has 0 bridgehead atoms. The number of alkyl halides is 3. The van der Waals surface area contributed by atoms with Gasteiger partial charge in [-0.3, -0.25) is 9.78 Å². The summed E-state index contributed by atoms with van der Waals surface area (Å²) in [6.45, 7) is 1.84. The average molecular weight is 310 g/mol. The largest absolute Gasteiger partial charge is 0.404 e. The molecule has 0 radical (unpaired) electrons. The van der Waals surface area contributed by atoms with Gasteiger partial charge in [-0.05, 0) is 18.1 Å². The zero-order valence-electron chi connectivity index (χ0n) is 10.6. The van der Waals surface area contributed by atoms with Crippen molar-refractivity contribution in [2.75, 3.05) is 5.75 Å². The van der Waals surface area contributed by atoms with E-state index in [2.05, 4.69) is 4.98 Å². The summed E-state index contributed by atoms with van der Waals surface area (Å²) in [6, 6.07) is 3.13. The topological polar surface area (TPSA) is 76.1 Å². The third-order valence-electron chi connectivity index (χ3n) is 2.23. The molecule has 1 aromatic rings. The van der Waals surface area contributed by atoms with Crippen LogP contribution >= 0.6 is 0 Å². The van der Waals surface area contributed by atoms with E-state index in [0.717, 1.165) is 0 Å². The number of amides is 1. The zero-order chi connectivity index (χ0) is 15.4. The fourth-order valence-corrected chi connectivity index (χ4v) is 2.44. The SMILES string of the molecule is CCCc1cccnc1C(=O)NS(=O)(=O)CC(F)(F)F. The molecule has 0 saturated carbocycles. The maximum absolute atomic E-state index is 12.1. The Labute approximate surface area is 114 Å². The quantitative estimate of drug-likeness (QED) is 0.897. The molecule has 112 valence electrons. The highest BCUT2D eigenvalue weighted by atomic mass is 32.2. The number of carbonyl (C=O) groups excluding carboxylic acids is 1. The molecule has 0 aliphatic rings. The lowest BCUT2D eigenvalue weighted by Gasteiger charge is -2.10. The Kier molecular flexibility index (Phi) is 5.09. The van der Waals surface area contributed by atoms with Crippen LogP contribution < -0.4 is 4.72 Å². The molecule has 0 atom stereocenters. The number of aryl methyl sites for hydroxylation is 1. The van der Waals surface area contributed by atoms with Crippen molar-refractivity contribution in [3.05, 3.63) is 29.6 Å². The molecule has 0 aromatic carbocycles. The molecule has 0 aliphatic carbocycles. The summed E-state index contributed by atoms with van der Waals surface area (Å²) in [5.74, 6) is -3.26. The number of carbonyl (C=O) groups is 1. The van der Waals surface area contributed by atoms with Crippen molar-refractivity contribution in [2.24, 2.45) is 0 Å². The van der Waals surface area contributed by atoms with Crippen molar-refractivity contribution in [3.63, 3.8) is 0 Å². The molecule has 20 heavy (non-hydrogen) atoms. The molecule has 5 nitrogen and oxygen atoms in total. The van der Waals surface area contributed by atoms with Gasteiger partial charge in [0.25, 0.3) is 5.91 Å². The average Bonchev–Trinajstić information content (AvgIpc) is 2.25. The van der Waals surface area contributed by atoms with Gasteiger partial charge in [-0.1, -0.05) is 19.4 Å². The van der Waals surface area contributed by atoms with Crippen LogP contribution in [0.5, 0.6) is 0 Å². The highest BCUT2D eigenvalue weighted by Crippen LogP contribution is 2.17. The summed E-state index contributed by atoms with van der Waals surface area (Å²) < 4.78 is 60.0. The molecule has 1 N–H and O–H groups in total. The van der Waals surface area contributed by atoms with E-state index in [4.69, 9.17) is 0 Å². The molecule has 0 aliphatic heterocycles. The molecule has 0 saturated heterocycles. The molecule has 1 heterocycles. The number of aromatic nitrogens is 1. The molecular weight excluding hydrogens is 297 g/mol. The number of hydrogen-bond acceptors (Lipinski definition) is 4. The standard InChI is InChI=1S/C11H13F3N2O3S/c1-2-4-8-5-3-6-15-9(8)10(17)16-20(18,19)7-11(12,13)14/h3,5-6H,2,4,7H2,1H3,(H,16,17). The van der Waals surface area contributed by atoms with Crippen molar-refractivity contribution in [3.8, 4) is 0 Å². The summed E-state index contributed by atoms with van der Waals surface area (Å²) in [6.07, 6.45) is -2.50. The first-order chi connectivity index (χ1) is 9.14. The number of nitrogens with one attached hydrogen (secondary N) is 1. The minimum atomic E-state index is -4.91. The van der Waals surface area contributed by atoms with E-state index in [0.29, 0.717) is 18.4 Å². The van der Waals surface area contributed by atoms with Gasteiger partial charge in [-0.15, -0.1) is 0 Å². The smallest absolute Gasteiger partial charge is 0.266 e. The van der Waals surface area contributed by atoms with E-state index in [9.17, 15) is 26.4 Å². The fraction of sp³-hybridized carbons (Fsp3) is 0.455. The summed E-state index contributed by atoms with van der Waals surface area (Å²) in [4.78, 5) is 15.4. The molecule has 0 spiro atoms. The Morgan fingerprint density at radius 3 is 2.60 bits per heavy atom. The lowest BCUT2D eigenvalue weighted by molar-refractivity contribution is -0.106. The zero-order valence-corrected chi connectivity index (χ0v) is 11.4. The van der Waals surface area contributed by atoms with Crippen molar-refractivity contribution in [1.29, 1.82) is 0 Å². The van der Waals surface area contributed by atoms with Gasteiger partial charge >= 0.3 is 6.18 Å². The number of rotatable bonds is 5. The first kappa shape index (κ1) is 16.4. The number of halogens is 3. The number of nitrogens with zero attached hydrogens (tertiary/aromatic N) is 1. The predicted octanol–water partition coefficient (Wildman–Crippen LogP) is 1.66. The lowest BCUT2D eigenvalue weighted by Crippen LogP contribution is -2.38. The Morgan fingerprint density at radius 1 is 1.40 bits per heavy atom. The van der Waals surface area contributed by atoms with Gasteiger partial charge in [0.15, 0.2) is 5.75 Å². The van der Waals surface area contributed by atoms with Gasteiger partial charge in [0.2, 0.25) is 10.0 Å². The second kappa shape index (κ2) is 6.21. The number of pyridine rings is 1. The van der Waals surface area contributed by atoms with Crippen LogP contribution in [-0.2, 0) is 16.4 Å². The maximum atomic E-state index is 12.1. The lowest BCUT2D eigenvalue weighted by atomic mass is 10.1. The molecule has 9 heteroatoms. The van der Waals surface area contributed by atoms with Crippen LogP contribution in [0.15, 0.2) is 18.3 Å². The third-order valence-corrected chi connectivity index (χ3v) is 3.43. The van der Waals surface area contributed by atoms with Crippen LogP contribution in [0.2, 0.25) is 0 Å². The van der Waals surface area contributed by atoms with E-state index in [1.807, 2.05) is 6.92 Å². The van der Waals surface area contributed by atoms with E-state index in [-0.39, 0.29) is 5.69 Å². The van der Waals surface area contributed by atoms with E-state index < -0.39 is 27.9 Å². The van der Waals surface area contributed by atoms with Gasteiger partial charge < -0.3 is 0 Å². The van der Waals surface area contributed by atoms with Crippen molar-refractivity contribution in [1.82, 2.24) is 9.71 Å². The molecule has 1 amide bonds. The van der Waals surface area contributed by atoms with E-state index in [1.165, 1.54) is 10.9 Å². The molecule has 1 rings (SSSR count). The van der Waals surface area contributed by atoms with Crippen molar-refractivity contribution >= 4 is 15.9 Å². The summed E-state index contributed by atoms with van der Waals surface area (Å²) in [5.41, 5.74) is 0.301. The molecule has 0 fully saturated rings. The van der Waals surface area contributed by atoms with E-state index in [1.54, 1.807) is 12.1 Å². The van der Waals surface area contributed by atoms with Gasteiger partial charge in [0.1, 0.15) is 5.69 Å². The monoisotopic (exact) mass is 310 g/mol. The normalized spacial score (nSPS) is 12.2. The van der Waals surface area contributed by atoms with Crippen LogP contribution in [-0.4, -0.2) is 31.2 Å². The summed E-state index contributed by atoms with van der Waals surface area (Å²) in [7, 11) is -4.78. The van der Waals surface area contributed by atoms with Crippen LogP contribution in [0, 0.1) is 0 Å². The second-order valence-corrected chi connectivity index (χ2v) is 5.79. The molecule has 0 unspecified atom stereocenters. The first-order valence-corrected chi connectivity index (χ1v) is 7.35. The predicted molar refractivity (Wildman–Crippen MR) is 65.5 cm³/mol. The third kappa shape index (κ3) is 5.16. The Bertz CT molecular complexity index is 585. The van der Waals surface area contributed by atoms with Crippen LogP contribution in [0.3, 0.4) is 0 Å². The molecular formula is C11H13F3N2O3S. The van der Waals surface area contributed by atoms with Crippen LogP contribution in [0.1, 0.15) is 29.4 Å². The van der Waals surface area contributed by atoms with Crippen molar-refractivity contribution in [2.45, 2.75) is 25.9 Å². The minimum Gasteiger partial charge on any atom is -0.266 e. The van der Waals surface area contributed by atoms with Gasteiger partial charge in [0, 0.05) is 6.20 Å². The minimum absolute atomic E-state index is 0.180. The summed E-state index contributed by atoms with van der Waals surface area (Å²) >= 11 is 0. The second-order valence-electron chi connectivity index (χ2n) is 4.07. The van der Waals surface area contributed by atoms with E-state index >= 15 is 0 Å². The van der Waals surface area contributed by atoms with Crippen LogP contribution in [0.4, 0.5) is 13.2 Å². The van der Waals surface area contributed by atoms with Gasteiger partial charge in [-0.2, -0.15) is 13.2 Å². The molecule has 1 aromatic heterocycles. The Balaban J connectivity index is 2.92. The Morgan fingerprint density at radius 2 is 2.05 bits per heavy atom. The fourth-order valence-electron chi connectivity index (χ4n) is 1.56. The highest BCUT2D eigenvalue weighted by Gasteiger charge is 2.36. The number of sulfonamides is 1. The van der Waals surface area contributed by atoms with Gasteiger partial charge in [0.05, 0.1) is 0 Å². The Hall–Kier alpha value is -1.64. The maximum Gasteiger partial charge on any atom is 0.404 e. The van der Waals surface area contributed by atoms with Gasteiger partial charge in [-0.25, -0.2) is 13.1 Å². The summed E-state index contributed by atoms with van der Waals surface area (Å²) in [5, 5.41) is 0. The number of hydrogen-bond donors (Lipinski definition) is 1.